The van der Waals surface area contributed by atoms with E-state index in [9.17, 15) is 14.0 Å². The largest absolute Gasteiger partial charge is 0.444 e. The van der Waals surface area contributed by atoms with Crippen LogP contribution >= 0.6 is 0 Å². The van der Waals surface area contributed by atoms with Gasteiger partial charge >= 0.3 is 12.2 Å². The van der Waals surface area contributed by atoms with E-state index in [2.05, 4.69) is 10.6 Å². The van der Waals surface area contributed by atoms with Gasteiger partial charge in [-0.05, 0) is 41.5 Å². The van der Waals surface area contributed by atoms with E-state index in [0.717, 1.165) is 0 Å². The van der Waals surface area contributed by atoms with Crippen LogP contribution in [0.5, 0.6) is 0 Å². The van der Waals surface area contributed by atoms with Gasteiger partial charge in [-0.2, -0.15) is 0 Å². The summed E-state index contributed by atoms with van der Waals surface area (Å²) >= 11 is 0. The van der Waals surface area contributed by atoms with E-state index in [4.69, 9.17) is 9.47 Å². The molecule has 0 saturated heterocycles. The highest BCUT2D eigenvalue weighted by atomic mass is 19.1. The minimum atomic E-state index is -1.42. The maximum Gasteiger partial charge on any atom is 0.407 e. The van der Waals surface area contributed by atoms with Crippen molar-refractivity contribution in [2.24, 2.45) is 0 Å². The number of carbonyl (C=O) groups excluding carboxylic acids is 2. The molecule has 20 heavy (non-hydrogen) atoms. The smallest absolute Gasteiger partial charge is 0.407 e. The fourth-order valence-electron chi connectivity index (χ4n) is 1.09. The monoisotopic (exact) mass is 292 g/mol. The molecule has 0 aliphatic heterocycles. The lowest BCUT2D eigenvalue weighted by molar-refractivity contribution is 0.0498. The Hall–Kier alpha value is -1.53. The van der Waals surface area contributed by atoms with Crippen LogP contribution in [0.25, 0.3) is 0 Å². The van der Waals surface area contributed by atoms with Crippen LogP contribution < -0.4 is 10.6 Å². The summed E-state index contributed by atoms with van der Waals surface area (Å²) in [5, 5.41) is 4.57. The fraction of sp³-hybridized carbons (Fsp3) is 0.846. The second-order valence-electron chi connectivity index (χ2n) is 6.36. The van der Waals surface area contributed by atoms with Gasteiger partial charge < -0.3 is 20.1 Å². The van der Waals surface area contributed by atoms with Crippen molar-refractivity contribution in [2.75, 3.05) is 13.1 Å². The van der Waals surface area contributed by atoms with Gasteiger partial charge in [-0.3, -0.25) is 0 Å². The summed E-state index contributed by atoms with van der Waals surface area (Å²) in [6.45, 7) is 9.78. The third-order valence-electron chi connectivity index (χ3n) is 1.73. The van der Waals surface area contributed by atoms with Crippen LogP contribution in [-0.4, -0.2) is 42.6 Å². The van der Waals surface area contributed by atoms with Gasteiger partial charge in [0.1, 0.15) is 17.4 Å². The standard InChI is InChI=1S/C13H25FN2O4/c1-12(2,3)19-10(17)15-7-9(14)8-16-11(18)20-13(4,5)6/h9H,7-8H2,1-6H3,(H,15,17)(H,16,18). The van der Waals surface area contributed by atoms with Crippen molar-refractivity contribution in [2.45, 2.75) is 58.9 Å². The number of carbonyl (C=O) groups is 2. The molecule has 2 amide bonds. The van der Waals surface area contributed by atoms with Gasteiger partial charge in [0.25, 0.3) is 0 Å². The van der Waals surface area contributed by atoms with Crippen molar-refractivity contribution in [3.63, 3.8) is 0 Å². The second-order valence-corrected chi connectivity index (χ2v) is 6.36. The van der Waals surface area contributed by atoms with E-state index in [0.29, 0.717) is 0 Å². The Balaban J connectivity index is 3.87. The molecule has 0 aromatic carbocycles. The van der Waals surface area contributed by atoms with Gasteiger partial charge in [0.2, 0.25) is 0 Å². The SMILES string of the molecule is CC(C)(C)OC(=O)NCC(F)CNC(=O)OC(C)(C)C. The number of amides is 2. The summed E-state index contributed by atoms with van der Waals surface area (Å²) in [5.74, 6) is 0. The normalized spacial score (nSPS) is 12.0. The van der Waals surface area contributed by atoms with Crippen molar-refractivity contribution in [1.29, 1.82) is 0 Å². The van der Waals surface area contributed by atoms with Crippen molar-refractivity contribution in [1.82, 2.24) is 10.6 Å². The molecule has 118 valence electrons. The van der Waals surface area contributed by atoms with Gasteiger partial charge in [0.15, 0.2) is 0 Å². The Kier molecular flexibility index (Phi) is 6.75. The molecule has 0 aliphatic carbocycles. The predicted molar refractivity (Wildman–Crippen MR) is 73.4 cm³/mol. The van der Waals surface area contributed by atoms with Crippen LogP contribution in [0.3, 0.4) is 0 Å². The maximum absolute atomic E-state index is 13.4. The van der Waals surface area contributed by atoms with Gasteiger partial charge in [-0.1, -0.05) is 0 Å². The first-order valence-corrected chi connectivity index (χ1v) is 6.47. The molecule has 0 bridgehead atoms. The molecular weight excluding hydrogens is 267 g/mol. The average Bonchev–Trinajstić information content (AvgIpc) is 2.18. The van der Waals surface area contributed by atoms with Gasteiger partial charge in [0, 0.05) is 0 Å². The molecule has 0 spiro atoms. The van der Waals surface area contributed by atoms with Crippen molar-refractivity contribution >= 4 is 12.2 Å². The molecule has 0 aromatic heterocycles. The first-order valence-electron chi connectivity index (χ1n) is 6.47. The molecule has 2 N–H and O–H groups in total. The van der Waals surface area contributed by atoms with Crippen molar-refractivity contribution < 1.29 is 23.5 Å². The minimum Gasteiger partial charge on any atom is -0.444 e. The van der Waals surface area contributed by atoms with Crippen LogP contribution in [0, 0.1) is 0 Å². The molecule has 0 unspecified atom stereocenters. The molecule has 0 saturated carbocycles. The Morgan fingerprint density at radius 3 is 1.45 bits per heavy atom. The molecular formula is C13H25FN2O4. The molecule has 0 aliphatic rings. The number of halogens is 1. The topological polar surface area (TPSA) is 76.7 Å². The molecule has 0 atom stereocenters. The van der Waals surface area contributed by atoms with Gasteiger partial charge in [0.05, 0.1) is 13.1 Å². The summed E-state index contributed by atoms with van der Waals surface area (Å²) in [6.07, 6.45) is -2.81. The van der Waals surface area contributed by atoms with Gasteiger partial charge in [-0.15, -0.1) is 0 Å². The number of hydrogen-bond acceptors (Lipinski definition) is 4. The summed E-state index contributed by atoms with van der Waals surface area (Å²) in [4.78, 5) is 22.6. The van der Waals surface area contributed by atoms with E-state index in [1.165, 1.54) is 0 Å². The Labute approximate surface area is 119 Å². The Morgan fingerprint density at radius 1 is 0.900 bits per heavy atom. The molecule has 0 heterocycles. The zero-order valence-corrected chi connectivity index (χ0v) is 13.0. The summed E-state index contributed by atoms with van der Waals surface area (Å²) < 4.78 is 23.4. The molecule has 0 radical (unpaired) electrons. The highest BCUT2D eigenvalue weighted by molar-refractivity contribution is 5.68. The number of alkyl halides is 1. The molecule has 7 heteroatoms. The van der Waals surface area contributed by atoms with E-state index in [1.807, 2.05) is 0 Å². The predicted octanol–water partition coefficient (Wildman–Crippen LogP) is 2.37. The zero-order valence-electron chi connectivity index (χ0n) is 13.0. The maximum atomic E-state index is 13.4. The van der Waals surface area contributed by atoms with Crippen LogP contribution in [0.4, 0.5) is 14.0 Å². The van der Waals surface area contributed by atoms with E-state index < -0.39 is 29.6 Å². The highest BCUT2D eigenvalue weighted by Crippen LogP contribution is 2.07. The molecule has 0 aromatic rings. The highest BCUT2D eigenvalue weighted by Gasteiger charge is 2.19. The lowest BCUT2D eigenvalue weighted by Crippen LogP contribution is -2.41. The van der Waals surface area contributed by atoms with E-state index in [-0.39, 0.29) is 13.1 Å². The summed E-state index contributed by atoms with van der Waals surface area (Å²) in [7, 11) is 0. The Bertz CT molecular complexity index is 302. The first-order chi connectivity index (χ1) is 8.89. The average molecular weight is 292 g/mol. The van der Waals surface area contributed by atoms with Crippen LogP contribution in [-0.2, 0) is 9.47 Å². The fourth-order valence-corrected chi connectivity index (χ4v) is 1.09. The number of alkyl carbamates (subject to hydrolysis) is 2. The van der Waals surface area contributed by atoms with Gasteiger partial charge in [-0.25, -0.2) is 14.0 Å². The third kappa shape index (κ3) is 11.6. The molecule has 0 rings (SSSR count). The van der Waals surface area contributed by atoms with Crippen molar-refractivity contribution in [3.8, 4) is 0 Å². The lowest BCUT2D eigenvalue weighted by atomic mass is 10.2. The molecule has 6 nitrogen and oxygen atoms in total. The van der Waals surface area contributed by atoms with Crippen LogP contribution in [0.15, 0.2) is 0 Å². The van der Waals surface area contributed by atoms with E-state index in [1.54, 1.807) is 41.5 Å². The third-order valence-corrected chi connectivity index (χ3v) is 1.73. The minimum absolute atomic E-state index is 0.245. The number of hydrogen-bond donors (Lipinski definition) is 2. The number of rotatable bonds is 4. The quantitative estimate of drug-likeness (QED) is 0.834. The zero-order chi connectivity index (χ0) is 16.0. The second kappa shape index (κ2) is 7.31. The summed E-state index contributed by atoms with van der Waals surface area (Å²) in [6, 6.07) is 0. The Morgan fingerprint density at radius 2 is 1.20 bits per heavy atom. The summed E-state index contributed by atoms with van der Waals surface area (Å²) in [5.41, 5.74) is -1.27. The lowest BCUT2D eigenvalue weighted by Gasteiger charge is -2.21. The number of ether oxygens (including phenoxy) is 2. The van der Waals surface area contributed by atoms with Crippen LogP contribution in [0.2, 0.25) is 0 Å². The first kappa shape index (κ1) is 18.5. The van der Waals surface area contributed by atoms with Crippen molar-refractivity contribution in [3.05, 3.63) is 0 Å². The van der Waals surface area contributed by atoms with E-state index >= 15 is 0 Å². The number of nitrogens with one attached hydrogen (secondary N) is 2. The van der Waals surface area contributed by atoms with Crippen LogP contribution in [0.1, 0.15) is 41.5 Å². The molecule has 0 fully saturated rings.